The van der Waals surface area contributed by atoms with Crippen LogP contribution < -0.4 is 0 Å². The maximum atomic E-state index is 12.3. The molecule has 0 bridgehead atoms. The van der Waals surface area contributed by atoms with Gasteiger partial charge in [-0.15, -0.1) is 0 Å². The van der Waals surface area contributed by atoms with Gasteiger partial charge in [-0.1, -0.05) is 19.3 Å². The molecule has 4 nitrogen and oxygen atoms in total. The molecule has 0 aromatic rings. The first kappa shape index (κ1) is 15.4. The lowest BCUT2D eigenvalue weighted by molar-refractivity contribution is -0.134. The molecule has 18 heavy (non-hydrogen) atoms. The number of likely N-dealkylation sites (N-methyl/N-ethyl adjacent to an activating group) is 2. The number of carbonyl (C=O) groups excluding carboxylic acids is 1. The molecule has 1 N–H and O–H groups in total. The minimum absolute atomic E-state index is 0.193. The Morgan fingerprint density at radius 2 is 1.94 bits per heavy atom. The molecule has 0 spiro atoms. The molecule has 1 amide bonds. The van der Waals surface area contributed by atoms with Crippen molar-refractivity contribution in [3.63, 3.8) is 0 Å². The Hall–Kier alpha value is -0.610. The predicted molar refractivity (Wildman–Crippen MR) is 73.5 cm³/mol. The van der Waals surface area contributed by atoms with Crippen molar-refractivity contribution in [1.82, 2.24) is 9.80 Å². The van der Waals surface area contributed by atoms with E-state index >= 15 is 0 Å². The third kappa shape index (κ3) is 4.94. The van der Waals surface area contributed by atoms with Gasteiger partial charge in [-0.25, -0.2) is 0 Å². The summed E-state index contributed by atoms with van der Waals surface area (Å²) in [5.41, 5.74) is 0. The molecule has 0 aromatic heterocycles. The van der Waals surface area contributed by atoms with Gasteiger partial charge in [0.05, 0.1) is 6.54 Å². The molecular formula is C14H28N2O2. The molecule has 0 aliphatic heterocycles. The van der Waals surface area contributed by atoms with E-state index in [1.807, 2.05) is 11.9 Å². The monoisotopic (exact) mass is 256 g/mol. The van der Waals surface area contributed by atoms with Crippen LogP contribution in [0.4, 0.5) is 0 Å². The van der Waals surface area contributed by atoms with Crippen LogP contribution in [0, 0.1) is 0 Å². The second-order valence-corrected chi connectivity index (χ2v) is 5.29. The number of hydrogen-bond donors (Lipinski definition) is 1. The fourth-order valence-electron chi connectivity index (χ4n) is 2.77. The lowest BCUT2D eigenvalue weighted by Gasteiger charge is -2.34. The first-order valence-electron chi connectivity index (χ1n) is 7.28. The van der Waals surface area contributed by atoms with E-state index in [0.717, 1.165) is 19.5 Å². The second-order valence-electron chi connectivity index (χ2n) is 5.29. The van der Waals surface area contributed by atoms with Gasteiger partial charge in [0.25, 0.3) is 0 Å². The highest BCUT2D eigenvalue weighted by molar-refractivity contribution is 5.78. The minimum atomic E-state index is 0.193. The van der Waals surface area contributed by atoms with Gasteiger partial charge in [0, 0.05) is 25.7 Å². The average molecular weight is 256 g/mol. The molecule has 1 aliphatic carbocycles. The number of rotatable bonds is 7. The summed E-state index contributed by atoms with van der Waals surface area (Å²) in [5.74, 6) is 0.241. The molecule has 0 atom stereocenters. The lowest BCUT2D eigenvalue weighted by atomic mass is 9.94. The SMILES string of the molecule is CCN(C(=O)CN(C)CCCO)C1CCCCC1. The van der Waals surface area contributed by atoms with Gasteiger partial charge >= 0.3 is 0 Å². The average Bonchev–Trinajstić information content (AvgIpc) is 2.38. The Labute approximate surface area is 111 Å². The summed E-state index contributed by atoms with van der Waals surface area (Å²) < 4.78 is 0. The van der Waals surface area contributed by atoms with Crippen molar-refractivity contribution >= 4 is 5.91 Å². The summed E-state index contributed by atoms with van der Waals surface area (Å²) >= 11 is 0. The molecule has 0 heterocycles. The lowest BCUT2D eigenvalue weighted by Crippen LogP contribution is -2.45. The smallest absolute Gasteiger partial charge is 0.236 e. The van der Waals surface area contributed by atoms with E-state index in [4.69, 9.17) is 5.11 Å². The number of carbonyl (C=O) groups is 1. The molecule has 106 valence electrons. The van der Waals surface area contributed by atoms with Crippen molar-refractivity contribution in [3.8, 4) is 0 Å². The minimum Gasteiger partial charge on any atom is -0.396 e. The summed E-state index contributed by atoms with van der Waals surface area (Å²) in [4.78, 5) is 16.3. The largest absolute Gasteiger partial charge is 0.396 e. The molecule has 0 aromatic carbocycles. The normalized spacial score (nSPS) is 17.1. The third-order valence-electron chi connectivity index (χ3n) is 3.78. The fourth-order valence-corrected chi connectivity index (χ4v) is 2.77. The van der Waals surface area contributed by atoms with Crippen LogP contribution in [-0.2, 0) is 4.79 Å². The number of hydrogen-bond acceptors (Lipinski definition) is 3. The maximum absolute atomic E-state index is 12.3. The van der Waals surface area contributed by atoms with Gasteiger partial charge in [-0.05, 0) is 33.2 Å². The molecule has 1 fully saturated rings. The zero-order valence-corrected chi connectivity index (χ0v) is 11.9. The second kappa shape index (κ2) is 8.48. The van der Waals surface area contributed by atoms with Crippen LogP contribution in [0.1, 0.15) is 45.4 Å². The van der Waals surface area contributed by atoms with E-state index in [9.17, 15) is 4.79 Å². The zero-order chi connectivity index (χ0) is 13.4. The Morgan fingerprint density at radius 3 is 2.50 bits per heavy atom. The predicted octanol–water partition coefficient (Wildman–Crippen LogP) is 1.48. The van der Waals surface area contributed by atoms with E-state index in [0.29, 0.717) is 12.6 Å². The molecule has 4 heteroatoms. The summed E-state index contributed by atoms with van der Waals surface area (Å²) in [6.07, 6.45) is 6.90. The Kier molecular flexibility index (Phi) is 7.28. The highest BCUT2D eigenvalue weighted by atomic mass is 16.3. The van der Waals surface area contributed by atoms with Crippen LogP contribution in [0.3, 0.4) is 0 Å². The van der Waals surface area contributed by atoms with Gasteiger partial charge in [0.2, 0.25) is 5.91 Å². The molecule has 1 aliphatic rings. The van der Waals surface area contributed by atoms with Gasteiger partial charge in [-0.3, -0.25) is 9.69 Å². The Bertz CT molecular complexity index is 240. The van der Waals surface area contributed by atoms with Crippen LogP contribution in [0.2, 0.25) is 0 Å². The van der Waals surface area contributed by atoms with Gasteiger partial charge < -0.3 is 10.0 Å². The summed E-state index contributed by atoms with van der Waals surface area (Å²) in [7, 11) is 1.95. The van der Waals surface area contributed by atoms with Crippen molar-refractivity contribution in [2.75, 3.05) is 33.3 Å². The van der Waals surface area contributed by atoms with Gasteiger partial charge in [-0.2, -0.15) is 0 Å². The van der Waals surface area contributed by atoms with Crippen LogP contribution in [-0.4, -0.2) is 60.1 Å². The molecule has 1 rings (SSSR count). The standard InChI is InChI=1S/C14H28N2O2/c1-3-16(13-8-5-4-6-9-13)14(18)12-15(2)10-7-11-17/h13,17H,3-12H2,1-2H3. The number of aliphatic hydroxyl groups is 1. The molecular weight excluding hydrogens is 228 g/mol. The summed E-state index contributed by atoms with van der Waals surface area (Å²) in [5, 5.41) is 8.79. The van der Waals surface area contributed by atoms with Gasteiger partial charge in [0.1, 0.15) is 0 Å². The first-order chi connectivity index (χ1) is 8.69. The van der Waals surface area contributed by atoms with E-state index in [-0.39, 0.29) is 12.5 Å². The van der Waals surface area contributed by atoms with Crippen molar-refractivity contribution in [2.24, 2.45) is 0 Å². The van der Waals surface area contributed by atoms with E-state index in [2.05, 4.69) is 11.8 Å². The van der Waals surface area contributed by atoms with Crippen molar-refractivity contribution in [2.45, 2.75) is 51.5 Å². The summed E-state index contributed by atoms with van der Waals surface area (Å²) in [6.45, 7) is 4.34. The number of aliphatic hydroxyl groups excluding tert-OH is 1. The highest BCUT2D eigenvalue weighted by Crippen LogP contribution is 2.22. The first-order valence-corrected chi connectivity index (χ1v) is 7.28. The number of amides is 1. The third-order valence-corrected chi connectivity index (χ3v) is 3.78. The Balaban J connectivity index is 2.40. The molecule has 0 unspecified atom stereocenters. The quantitative estimate of drug-likeness (QED) is 0.750. The van der Waals surface area contributed by atoms with Crippen molar-refractivity contribution in [3.05, 3.63) is 0 Å². The van der Waals surface area contributed by atoms with Crippen LogP contribution in [0.15, 0.2) is 0 Å². The van der Waals surface area contributed by atoms with Crippen molar-refractivity contribution < 1.29 is 9.90 Å². The highest BCUT2D eigenvalue weighted by Gasteiger charge is 2.24. The van der Waals surface area contributed by atoms with Crippen LogP contribution in [0.25, 0.3) is 0 Å². The molecule has 0 radical (unpaired) electrons. The topological polar surface area (TPSA) is 43.8 Å². The zero-order valence-electron chi connectivity index (χ0n) is 11.9. The summed E-state index contributed by atoms with van der Waals surface area (Å²) in [6, 6.07) is 0.461. The van der Waals surface area contributed by atoms with E-state index in [1.54, 1.807) is 0 Å². The van der Waals surface area contributed by atoms with Crippen molar-refractivity contribution in [1.29, 1.82) is 0 Å². The van der Waals surface area contributed by atoms with Crippen LogP contribution >= 0.6 is 0 Å². The van der Waals surface area contributed by atoms with E-state index in [1.165, 1.54) is 32.1 Å². The molecule has 1 saturated carbocycles. The fraction of sp³-hybridized carbons (Fsp3) is 0.929. The van der Waals surface area contributed by atoms with Gasteiger partial charge in [0.15, 0.2) is 0 Å². The van der Waals surface area contributed by atoms with E-state index < -0.39 is 0 Å². The Morgan fingerprint density at radius 1 is 1.28 bits per heavy atom. The molecule has 0 saturated heterocycles. The van der Waals surface area contributed by atoms with Crippen LogP contribution in [0.5, 0.6) is 0 Å². The maximum Gasteiger partial charge on any atom is 0.236 e. The number of nitrogens with zero attached hydrogens (tertiary/aromatic N) is 2.